The Morgan fingerprint density at radius 1 is 1.12 bits per heavy atom. The second kappa shape index (κ2) is 8.12. The molecular formula is C22H20FN3O5S. The Balaban J connectivity index is 1.87. The van der Waals surface area contributed by atoms with Crippen LogP contribution in [-0.4, -0.2) is 25.5 Å². The van der Waals surface area contributed by atoms with Crippen molar-refractivity contribution < 1.29 is 22.0 Å². The van der Waals surface area contributed by atoms with Gasteiger partial charge in [-0.25, -0.2) is 22.5 Å². The summed E-state index contributed by atoms with van der Waals surface area (Å²) < 4.78 is 52.7. The van der Waals surface area contributed by atoms with Crippen molar-refractivity contribution in [1.82, 2.24) is 9.97 Å². The fourth-order valence-electron chi connectivity index (χ4n) is 3.44. The lowest BCUT2D eigenvalue weighted by Gasteiger charge is -2.25. The lowest BCUT2D eigenvalue weighted by Crippen LogP contribution is -2.32. The largest absolute Gasteiger partial charge is 0.497 e. The molecule has 2 aromatic heterocycles. The number of benzene rings is 2. The number of methoxy groups -OCH3 is 1. The van der Waals surface area contributed by atoms with E-state index in [-0.39, 0.29) is 22.8 Å². The Bertz CT molecular complexity index is 1480. The van der Waals surface area contributed by atoms with Gasteiger partial charge in [0.1, 0.15) is 11.6 Å². The van der Waals surface area contributed by atoms with Gasteiger partial charge in [-0.05, 0) is 60.9 Å². The number of H-pyrrole nitrogens is 1. The molecule has 2 aromatic carbocycles. The van der Waals surface area contributed by atoms with Crippen molar-refractivity contribution in [2.75, 3.05) is 11.4 Å². The minimum absolute atomic E-state index is 0.0739. The molecule has 0 aliphatic heterocycles. The average Bonchev–Trinajstić information content (AvgIpc) is 3.10. The predicted octanol–water partition coefficient (Wildman–Crippen LogP) is 3.68. The van der Waals surface area contributed by atoms with Gasteiger partial charge >= 0.3 is 5.76 Å². The normalized spacial score (nSPS) is 11.6. The van der Waals surface area contributed by atoms with Crippen LogP contribution in [0.5, 0.6) is 5.75 Å². The zero-order valence-electron chi connectivity index (χ0n) is 17.5. The highest BCUT2D eigenvalue weighted by Gasteiger charge is 2.29. The summed E-state index contributed by atoms with van der Waals surface area (Å²) in [5.41, 5.74) is 2.36. The van der Waals surface area contributed by atoms with Crippen molar-refractivity contribution in [1.29, 1.82) is 0 Å². The molecule has 1 N–H and O–H groups in total. The molecule has 10 heteroatoms. The van der Waals surface area contributed by atoms with E-state index in [2.05, 4.69) is 9.97 Å². The number of ether oxygens (including phenoxy) is 1. The lowest BCUT2D eigenvalue weighted by molar-refractivity contribution is 0.414. The Labute approximate surface area is 183 Å². The number of sulfonamides is 1. The first-order valence-corrected chi connectivity index (χ1v) is 11.1. The number of rotatable bonds is 6. The van der Waals surface area contributed by atoms with Crippen molar-refractivity contribution in [3.05, 3.63) is 81.7 Å². The topological polar surface area (TPSA) is 106 Å². The van der Waals surface area contributed by atoms with Gasteiger partial charge in [0.15, 0.2) is 5.58 Å². The molecule has 4 rings (SSSR count). The molecule has 0 aliphatic carbocycles. The maximum Gasteiger partial charge on any atom is 0.417 e. The van der Waals surface area contributed by atoms with Crippen molar-refractivity contribution in [2.24, 2.45) is 0 Å². The molecule has 2 heterocycles. The predicted molar refractivity (Wildman–Crippen MR) is 117 cm³/mol. The monoisotopic (exact) mass is 457 g/mol. The molecule has 0 saturated heterocycles. The molecule has 0 aliphatic rings. The maximum atomic E-state index is 13.9. The Morgan fingerprint density at radius 3 is 2.59 bits per heavy atom. The standard InChI is InChI=1S/C22H20FN3O5S/c1-13-9-16(30-3)8-7-15(13)12-26(21-6-4-5-20(23)25-21)32(28,29)19-11-18-17(10-14(19)2)24-22(27)31-18/h4-11H,12H2,1-3H3,(H,24,27). The molecule has 0 bridgehead atoms. The molecule has 32 heavy (non-hydrogen) atoms. The fourth-order valence-corrected chi connectivity index (χ4v) is 5.05. The fraction of sp³-hybridized carbons (Fsp3) is 0.182. The highest BCUT2D eigenvalue weighted by molar-refractivity contribution is 7.92. The molecule has 8 nitrogen and oxygen atoms in total. The van der Waals surface area contributed by atoms with Gasteiger partial charge in [-0.15, -0.1) is 0 Å². The van der Waals surface area contributed by atoms with Crippen LogP contribution in [0.1, 0.15) is 16.7 Å². The van der Waals surface area contributed by atoms with Crippen LogP contribution in [0.15, 0.2) is 62.6 Å². The molecule has 0 saturated carbocycles. The summed E-state index contributed by atoms with van der Waals surface area (Å²) in [6.45, 7) is 3.34. The van der Waals surface area contributed by atoms with Crippen LogP contribution in [0, 0.1) is 19.8 Å². The van der Waals surface area contributed by atoms with E-state index in [1.807, 2.05) is 6.92 Å². The summed E-state index contributed by atoms with van der Waals surface area (Å²) in [5.74, 6) is -0.937. The van der Waals surface area contributed by atoms with Gasteiger partial charge in [0.25, 0.3) is 10.0 Å². The van der Waals surface area contributed by atoms with Gasteiger partial charge in [0.2, 0.25) is 5.95 Å². The number of halogens is 1. The number of pyridine rings is 1. The molecule has 0 amide bonds. The molecule has 4 aromatic rings. The second-order valence-corrected chi connectivity index (χ2v) is 9.08. The van der Waals surface area contributed by atoms with E-state index in [4.69, 9.17) is 9.15 Å². The Morgan fingerprint density at radius 2 is 1.91 bits per heavy atom. The number of aryl methyl sites for hydroxylation is 2. The van der Waals surface area contributed by atoms with Crippen LogP contribution >= 0.6 is 0 Å². The third kappa shape index (κ3) is 3.96. The Kier molecular flexibility index (Phi) is 5.47. The Hall–Kier alpha value is -3.66. The van der Waals surface area contributed by atoms with Gasteiger partial charge in [-0.3, -0.25) is 4.98 Å². The van der Waals surface area contributed by atoms with Crippen molar-refractivity contribution in [2.45, 2.75) is 25.3 Å². The van der Waals surface area contributed by atoms with E-state index in [0.717, 1.165) is 15.9 Å². The van der Waals surface area contributed by atoms with Gasteiger partial charge in [0.05, 0.1) is 24.1 Å². The summed E-state index contributed by atoms with van der Waals surface area (Å²) in [6, 6.07) is 12.0. The summed E-state index contributed by atoms with van der Waals surface area (Å²) >= 11 is 0. The van der Waals surface area contributed by atoms with Crippen LogP contribution in [-0.2, 0) is 16.6 Å². The SMILES string of the molecule is COc1ccc(CN(c2cccc(F)n2)S(=O)(=O)c2cc3oc(=O)[nH]c3cc2C)c(C)c1. The molecule has 0 unspecified atom stereocenters. The van der Waals surface area contributed by atoms with Gasteiger partial charge in [0, 0.05) is 6.07 Å². The second-order valence-electron chi connectivity index (χ2n) is 7.25. The number of anilines is 1. The van der Waals surface area contributed by atoms with Crippen molar-refractivity contribution >= 4 is 26.9 Å². The van der Waals surface area contributed by atoms with Crippen LogP contribution < -0.4 is 14.8 Å². The number of aromatic amines is 1. The number of aromatic nitrogens is 2. The summed E-state index contributed by atoms with van der Waals surface area (Å²) in [7, 11) is -2.68. The van der Waals surface area contributed by atoms with Crippen LogP contribution in [0.25, 0.3) is 11.1 Å². The zero-order chi connectivity index (χ0) is 23.0. The van der Waals surface area contributed by atoms with E-state index in [9.17, 15) is 17.6 Å². The van der Waals surface area contributed by atoms with Gasteiger partial charge in [-0.1, -0.05) is 12.1 Å². The van der Waals surface area contributed by atoms with E-state index >= 15 is 0 Å². The number of nitrogens with zero attached hydrogens (tertiary/aromatic N) is 2. The lowest BCUT2D eigenvalue weighted by atomic mass is 10.1. The number of hydrogen-bond donors (Lipinski definition) is 1. The number of oxazole rings is 1. The van der Waals surface area contributed by atoms with Crippen molar-refractivity contribution in [3.8, 4) is 5.75 Å². The van der Waals surface area contributed by atoms with Crippen LogP contribution in [0.4, 0.5) is 10.2 Å². The van der Waals surface area contributed by atoms with Gasteiger partial charge in [-0.2, -0.15) is 4.39 Å². The average molecular weight is 457 g/mol. The molecule has 0 spiro atoms. The quantitative estimate of drug-likeness (QED) is 0.443. The van der Waals surface area contributed by atoms with Gasteiger partial charge < -0.3 is 9.15 Å². The first-order chi connectivity index (χ1) is 15.2. The minimum Gasteiger partial charge on any atom is -0.497 e. The zero-order valence-corrected chi connectivity index (χ0v) is 18.4. The third-order valence-corrected chi connectivity index (χ3v) is 7.00. The maximum absolute atomic E-state index is 13.9. The highest BCUT2D eigenvalue weighted by Crippen LogP contribution is 2.30. The minimum atomic E-state index is -4.22. The summed E-state index contributed by atoms with van der Waals surface area (Å²) in [6.07, 6.45) is 0. The molecule has 0 fully saturated rings. The number of fused-ring (bicyclic) bond motifs is 1. The molecular weight excluding hydrogens is 437 g/mol. The van der Waals surface area contributed by atoms with E-state index in [1.54, 1.807) is 32.2 Å². The van der Waals surface area contributed by atoms with Crippen molar-refractivity contribution in [3.63, 3.8) is 0 Å². The van der Waals surface area contributed by atoms with E-state index in [0.29, 0.717) is 22.4 Å². The third-order valence-electron chi connectivity index (χ3n) is 5.10. The first-order valence-electron chi connectivity index (χ1n) is 9.61. The first kappa shape index (κ1) is 21.6. The van der Waals surface area contributed by atoms with E-state index < -0.39 is 21.7 Å². The smallest absolute Gasteiger partial charge is 0.417 e. The highest BCUT2D eigenvalue weighted by atomic mass is 32.2. The van der Waals surface area contributed by atoms with Crippen LogP contribution in [0.2, 0.25) is 0 Å². The van der Waals surface area contributed by atoms with Crippen LogP contribution in [0.3, 0.4) is 0 Å². The summed E-state index contributed by atoms with van der Waals surface area (Å²) in [5, 5.41) is 0. The number of hydrogen-bond acceptors (Lipinski definition) is 6. The number of nitrogens with one attached hydrogen (secondary N) is 1. The van der Waals surface area contributed by atoms with E-state index in [1.165, 1.54) is 24.3 Å². The summed E-state index contributed by atoms with van der Waals surface area (Å²) in [4.78, 5) is 17.8. The molecule has 0 radical (unpaired) electrons. The molecule has 166 valence electrons. The molecule has 0 atom stereocenters.